The Kier molecular flexibility index (Phi) is 17.2. The van der Waals surface area contributed by atoms with E-state index in [0.717, 1.165) is 16.8 Å². The molecule has 0 aliphatic carbocycles. The van der Waals surface area contributed by atoms with Crippen LogP contribution in [-0.4, -0.2) is 21.1 Å². The summed E-state index contributed by atoms with van der Waals surface area (Å²) in [7, 11) is -2.87. The Balaban J connectivity index is 0.000000147. The summed E-state index contributed by atoms with van der Waals surface area (Å²) >= 11 is 0. The van der Waals surface area contributed by atoms with Crippen molar-refractivity contribution in [2.45, 2.75) is 39.3 Å². The topological polar surface area (TPSA) is 42.4 Å². The number of hydrogen-bond acceptors (Lipinski definition) is 4. The minimum absolute atomic E-state index is 0. The Hall–Kier alpha value is -10.6. The summed E-state index contributed by atoms with van der Waals surface area (Å²) in [6.07, 6.45) is 1.63. The van der Waals surface area contributed by atoms with E-state index in [1.54, 1.807) is 12.3 Å². The van der Waals surface area contributed by atoms with Crippen LogP contribution in [0.2, 0.25) is 39.3 Å². The van der Waals surface area contributed by atoms with E-state index in [0.29, 0.717) is 5.52 Å². The minimum Gasteiger partial charge on any atom is -0.871 e. The third-order valence-electron chi connectivity index (χ3n) is 18.8. The standard InChI is InChI=1S/C46H44N2Si2.C34H22.C9H7NO.Li/c1-49(2,3)39-25-21-37(22-26-39)47(35-13-9-7-10-14-35)43-31-19-33-18-30-42-44(32-20-34-17-29-41(43)45(33)46(34)42)48(36-15-11-8-12-16-36)38-23-27-40(28-24-38)50(4,5)6;1-3-15-25-23(11-1)13-9-21-27(25)33-29-17-5-7-19-31(29)34(32-20-8-6-18-30(32)33)28-22-10-14-24-12-2-4-16-26(24)28;11-8-5-1-3-7-4-2-6-10-9(7)8;/h7-32H,1-6H3;1-22H;1-6,11H;/q;;;+1/p-1. The molecule has 96 heavy (non-hydrogen) atoms. The molecule has 0 saturated carbocycles. The van der Waals surface area contributed by atoms with Gasteiger partial charge in [0.25, 0.3) is 0 Å². The number of hydrogen-bond donors (Lipinski definition) is 0. The van der Waals surface area contributed by atoms with Gasteiger partial charge in [-0.1, -0.05) is 310 Å². The molecule has 0 unspecified atom stereocenters. The molecule has 0 atom stereocenters. The molecule has 1 aromatic heterocycles. The summed E-state index contributed by atoms with van der Waals surface area (Å²) < 4.78 is 0. The van der Waals surface area contributed by atoms with E-state index in [9.17, 15) is 5.11 Å². The van der Waals surface area contributed by atoms with Gasteiger partial charge in [0, 0.05) is 39.7 Å². The van der Waals surface area contributed by atoms with Crippen LogP contribution in [0.15, 0.2) is 328 Å². The Morgan fingerprint density at radius 3 is 1.01 bits per heavy atom. The molecule has 17 rings (SSSR count). The van der Waals surface area contributed by atoms with Crippen LogP contribution < -0.4 is 44.1 Å². The summed E-state index contributed by atoms with van der Waals surface area (Å²) in [5.74, 6) is -0.0110. The fourth-order valence-corrected chi connectivity index (χ4v) is 16.4. The summed E-state index contributed by atoms with van der Waals surface area (Å²) in [6, 6.07) is 116. The van der Waals surface area contributed by atoms with E-state index in [1.807, 2.05) is 18.2 Å². The quantitative estimate of drug-likeness (QED) is 0.0777. The van der Waals surface area contributed by atoms with Crippen LogP contribution in [0.5, 0.6) is 5.75 Å². The van der Waals surface area contributed by atoms with E-state index < -0.39 is 16.1 Å². The van der Waals surface area contributed by atoms with E-state index >= 15 is 0 Å². The second kappa shape index (κ2) is 26.3. The van der Waals surface area contributed by atoms with Crippen molar-refractivity contribution >= 4 is 147 Å². The number of para-hydroxylation sites is 3. The fourth-order valence-electron chi connectivity index (χ4n) is 14.1. The van der Waals surface area contributed by atoms with Gasteiger partial charge in [0.2, 0.25) is 0 Å². The number of anilines is 6. The Labute approximate surface area is 576 Å². The van der Waals surface area contributed by atoms with Crippen LogP contribution in [0.3, 0.4) is 0 Å². The molecule has 1 heterocycles. The zero-order chi connectivity index (χ0) is 64.8. The fraction of sp³-hybridized carbons (Fsp3) is 0.0674. The minimum atomic E-state index is -1.43. The van der Waals surface area contributed by atoms with Crippen molar-refractivity contribution in [3.05, 3.63) is 328 Å². The molecule has 458 valence electrons. The van der Waals surface area contributed by atoms with Crippen molar-refractivity contribution in [1.29, 1.82) is 0 Å². The van der Waals surface area contributed by atoms with Gasteiger partial charge in [-0.3, -0.25) is 4.98 Å². The second-order valence-corrected chi connectivity index (χ2v) is 36.9. The molecule has 0 amide bonds. The van der Waals surface area contributed by atoms with Crippen LogP contribution >= 0.6 is 0 Å². The third-order valence-corrected chi connectivity index (χ3v) is 22.9. The Bertz CT molecular complexity index is 5270. The van der Waals surface area contributed by atoms with Gasteiger partial charge in [0.15, 0.2) is 0 Å². The number of fused-ring (bicyclic) bond motifs is 5. The maximum Gasteiger partial charge on any atom is 1.00 e. The van der Waals surface area contributed by atoms with E-state index in [1.165, 1.54) is 137 Å². The van der Waals surface area contributed by atoms with Crippen LogP contribution in [0.25, 0.3) is 109 Å². The van der Waals surface area contributed by atoms with Crippen LogP contribution in [0.1, 0.15) is 0 Å². The largest absolute Gasteiger partial charge is 1.00 e. The normalized spacial score (nSPS) is 11.6. The predicted octanol–water partition coefficient (Wildman–Crippen LogP) is 20.6. The second-order valence-electron chi connectivity index (χ2n) is 26.8. The molecular formula is C89H72LiN3OSi2. The van der Waals surface area contributed by atoms with Crippen molar-refractivity contribution in [3.63, 3.8) is 0 Å². The molecule has 0 bridgehead atoms. The molecule has 0 spiro atoms. The monoisotopic (exact) mass is 1260 g/mol. The van der Waals surface area contributed by atoms with Gasteiger partial charge in [-0.15, -0.1) is 0 Å². The van der Waals surface area contributed by atoms with Gasteiger partial charge in [0.1, 0.15) is 0 Å². The zero-order valence-electron chi connectivity index (χ0n) is 55.4. The van der Waals surface area contributed by atoms with Gasteiger partial charge in [-0.2, -0.15) is 0 Å². The first-order valence-electron chi connectivity index (χ1n) is 32.9. The smallest absolute Gasteiger partial charge is 0.871 e. The van der Waals surface area contributed by atoms with Gasteiger partial charge in [-0.25, -0.2) is 0 Å². The third kappa shape index (κ3) is 11.9. The molecule has 17 aromatic rings. The molecule has 0 radical (unpaired) electrons. The SMILES string of the molecule is C[Si](C)(C)c1ccc(N(c2ccccc2)c2ccc3ccc4c(N(c5ccccc5)c5ccc([Si](C)(C)C)cc5)ccc5ccc2c3c54)cc1.[Li+].[O-]c1cccc2cccnc12.c1ccc2c(-c3c4ccccc4c(-c4cccc5ccccc45)c4ccccc34)cccc2c1. The van der Waals surface area contributed by atoms with Gasteiger partial charge < -0.3 is 14.9 Å². The van der Waals surface area contributed by atoms with E-state index in [2.05, 4.69) is 345 Å². The van der Waals surface area contributed by atoms with E-state index in [-0.39, 0.29) is 24.6 Å². The molecule has 0 aliphatic rings. The summed E-state index contributed by atoms with van der Waals surface area (Å²) in [5.41, 5.74) is 12.8. The van der Waals surface area contributed by atoms with Gasteiger partial charge in [0.05, 0.1) is 33.0 Å². The zero-order valence-corrected chi connectivity index (χ0v) is 57.4. The van der Waals surface area contributed by atoms with Crippen LogP contribution in [0, 0.1) is 0 Å². The molecule has 16 aromatic carbocycles. The maximum atomic E-state index is 11.1. The van der Waals surface area contributed by atoms with Crippen molar-refractivity contribution in [3.8, 4) is 28.0 Å². The number of nitrogens with zero attached hydrogens (tertiary/aromatic N) is 3. The van der Waals surface area contributed by atoms with Crippen molar-refractivity contribution in [1.82, 2.24) is 4.98 Å². The first-order valence-corrected chi connectivity index (χ1v) is 39.9. The average molecular weight is 1260 g/mol. The number of aromatic nitrogens is 1. The molecule has 0 N–H and O–H groups in total. The first-order chi connectivity index (χ1) is 46.4. The van der Waals surface area contributed by atoms with Crippen molar-refractivity contribution < 1.29 is 24.0 Å². The van der Waals surface area contributed by atoms with E-state index in [4.69, 9.17) is 0 Å². The van der Waals surface area contributed by atoms with Crippen LogP contribution in [-0.2, 0) is 0 Å². The molecule has 4 nitrogen and oxygen atoms in total. The summed E-state index contributed by atoms with van der Waals surface area (Å²) in [4.78, 5) is 8.82. The maximum absolute atomic E-state index is 11.1. The molecule has 0 fully saturated rings. The van der Waals surface area contributed by atoms with Crippen LogP contribution in [0.4, 0.5) is 34.1 Å². The number of pyridine rings is 1. The summed E-state index contributed by atoms with van der Waals surface area (Å²) in [5, 5.41) is 32.9. The van der Waals surface area contributed by atoms with Crippen molar-refractivity contribution in [2.24, 2.45) is 0 Å². The Morgan fingerprint density at radius 2 is 0.604 bits per heavy atom. The molecular weight excluding hydrogens is 1190 g/mol. The number of rotatable bonds is 10. The predicted molar refractivity (Wildman–Crippen MR) is 414 cm³/mol. The van der Waals surface area contributed by atoms with Crippen molar-refractivity contribution in [2.75, 3.05) is 9.80 Å². The Morgan fingerprint density at radius 1 is 0.271 bits per heavy atom. The molecule has 0 saturated heterocycles. The summed E-state index contributed by atoms with van der Waals surface area (Å²) in [6.45, 7) is 14.5. The first kappa shape index (κ1) is 62.9. The average Bonchev–Trinajstić information content (AvgIpc) is 0.730. The number of benzene rings is 16. The molecule has 0 aliphatic heterocycles. The molecule has 7 heteroatoms. The van der Waals surface area contributed by atoms with Gasteiger partial charge >= 0.3 is 18.9 Å². The van der Waals surface area contributed by atoms with Gasteiger partial charge in [-0.05, 0) is 159 Å².